The number of hydrogen-bond donors (Lipinski definition) is 3. The quantitative estimate of drug-likeness (QED) is 0.413. The van der Waals surface area contributed by atoms with Gasteiger partial charge in [-0.05, 0) is 47.5 Å². The zero-order valence-corrected chi connectivity index (χ0v) is 16.1. The summed E-state index contributed by atoms with van der Waals surface area (Å²) in [6.07, 6.45) is 0. The van der Waals surface area contributed by atoms with E-state index in [1.54, 1.807) is 18.2 Å². The van der Waals surface area contributed by atoms with E-state index in [1.165, 1.54) is 0 Å². The zero-order valence-electron chi connectivity index (χ0n) is 16.1. The third-order valence-corrected chi connectivity index (χ3v) is 4.29. The van der Waals surface area contributed by atoms with Gasteiger partial charge in [-0.25, -0.2) is 0 Å². The van der Waals surface area contributed by atoms with Crippen LogP contribution in [0.2, 0.25) is 0 Å². The molecule has 0 amide bonds. The molecular weight excluding hydrogens is 358 g/mol. The van der Waals surface area contributed by atoms with Gasteiger partial charge in [0.2, 0.25) is 0 Å². The SMILES string of the molecule is NC(c1ccccc1)c1ccccc1.Nc1ccc(Oc2cccc(N)c2)cc1. The van der Waals surface area contributed by atoms with E-state index in [-0.39, 0.29) is 6.04 Å². The molecule has 6 N–H and O–H groups in total. The van der Waals surface area contributed by atoms with E-state index in [9.17, 15) is 0 Å². The van der Waals surface area contributed by atoms with Crippen LogP contribution in [0.15, 0.2) is 109 Å². The molecule has 0 atom stereocenters. The molecule has 0 unspecified atom stereocenters. The number of nitrogen functional groups attached to an aromatic ring is 2. The number of ether oxygens (including phenoxy) is 1. The second-order valence-corrected chi connectivity index (χ2v) is 6.54. The third kappa shape index (κ3) is 6.13. The van der Waals surface area contributed by atoms with Crippen molar-refractivity contribution in [3.05, 3.63) is 120 Å². The fraction of sp³-hybridized carbons (Fsp3) is 0.0400. The first kappa shape index (κ1) is 20.0. The molecule has 0 aliphatic heterocycles. The molecule has 4 aromatic carbocycles. The standard InChI is InChI=1S/C13H13N.C12H12N2O/c14-13(11-7-3-1-4-8-11)12-9-5-2-6-10-12;13-9-4-6-11(7-5-9)15-12-3-1-2-10(14)8-12/h1-10,13H,14H2;1-8H,13-14H2. The molecule has 0 bridgehead atoms. The van der Waals surface area contributed by atoms with Crippen molar-refractivity contribution in [3.63, 3.8) is 0 Å². The van der Waals surface area contributed by atoms with Gasteiger partial charge >= 0.3 is 0 Å². The average molecular weight is 383 g/mol. The van der Waals surface area contributed by atoms with E-state index >= 15 is 0 Å². The zero-order chi connectivity index (χ0) is 20.5. The van der Waals surface area contributed by atoms with E-state index in [0.29, 0.717) is 5.69 Å². The van der Waals surface area contributed by atoms with Crippen molar-refractivity contribution < 1.29 is 4.74 Å². The monoisotopic (exact) mass is 383 g/mol. The van der Waals surface area contributed by atoms with Gasteiger partial charge in [-0.15, -0.1) is 0 Å². The van der Waals surface area contributed by atoms with Crippen LogP contribution < -0.4 is 21.9 Å². The molecule has 0 heterocycles. The van der Waals surface area contributed by atoms with Crippen molar-refractivity contribution in [2.24, 2.45) is 5.73 Å². The summed E-state index contributed by atoms with van der Waals surface area (Å²) in [6.45, 7) is 0. The van der Waals surface area contributed by atoms with E-state index in [0.717, 1.165) is 28.3 Å². The van der Waals surface area contributed by atoms with Gasteiger partial charge in [0, 0.05) is 17.4 Å². The number of benzene rings is 4. The van der Waals surface area contributed by atoms with E-state index in [2.05, 4.69) is 24.3 Å². The highest BCUT2D eigenvalue weighted by atomic mass is 16.5. The van der Waals surface area contributed by atoms with E-state index in [1.807, 2.05) is 66.7 Å². The Morgan fingerprint density at radius 1 is 0.517 bits per heavy atom. The molecule has 0 saturated heterocycles. The Morgan fingerprint density at radius 2 is 1.07 bits per heavy atom. The summed E-state index contributed by atoms with van der Waals surface area (Å²) < 4.78 is 5.58. The Labute approximate surface area is 171 Å². The highest BCUT2D eigenvalue weighted by molar-refractivity contribution is 5.47. The third-order valence-electron chi connectivity index (χ3n) is 4.29. The van der Waals surface area contributed by atoms with Crippen molar-refractivity contribution in [1.82, 2.24) is 0 Å². The van der Waals surface area contributed by atoms with E-state index < -0.39 is 0 Å². The Morgan fingerprint density at radius 3 is 1.59 bits per heavy atom. The molecular formula is C25H25N3O. The van der Waals surface area contributed by atoms with Crippen molar-refractivity contribution in [2.45, 2.75) is 6.04 Å². The van der Waals surface area contributed by atoms with Crippen molar-refractivity contribution in [1.29, 1.82) is 0 Å². The largest absolute Gasteiger partial charge is 0.457 e. The van der Waals surface area contributed by atoms with Crippen molar-refractivity contribution >= 4 is 11.4 Å². The summed E-state index contributed by atoms with van der Waals surface area (Å²) in [5.41, 5.74) is 21.0. The molecule has 4 rings (SSSR count). The van der Waals surface area contributed by atoms with Crippen LogP contribution in [0.1, 0.15) is 17.2 Å². The minimum atomic E-state index is -0.0163. The molecule has 4 aromatic rings. The number of anilines is 2. The van der Waals surface area contributed by atoms with Gasteiger partial charge in [-0.3, -0.25) is 0 Å². The lowest BCUT2D eigenvalue weighted by Gasteiger charge is -2.11. The molecule has 0 saturated carbocycles. The van der Waals surface area contributed by atoms with Gasteiger partial charge in [-0.2, -0.15) is 0 Å². The molecule has 4 nitrogen and oxygen atoms in total. The lowest BCUT2D eigenvalue weighted by atomic mass is 10.00. The topological polar surface area (TPSA) is 87.3 Å². The summed E-state index contributed by atoms with van der Waals surface area (Å²) in [4.78, 5) is 0. The molecule has 0 aliphatic rings. The van der Waals surface area contributed by atoms with Gasteiger partial charge in [0.25, 0.3) is 0 Å². The van der Waals surface area contributed by atoms with Crippen LogP contribution in [-0.2, 0) is 0 Å². The van der Waals surface area contributed by atoms with Gasteiger partial charge in [0.1, 0.15) is 11.5 Å². The average Bonchev–Trinajstić information content (AvgIpc) is 2.77. The van der Waals surface area contributed by atoms with Gasteiger partial charge in [0.15, 0.2) is 0 Å². The molecule has 146 valence electrons. The summed E-state index contributed by atoms with van der Waals surface area (Å²) in [7, 11) is 0. The number of rotatable bonds is 4. The summed E-state index contributed by atoms with van der Waals surface area (Å²) in [6, 6.07) is 34.8. The molecule has 0 fully saturated rings. The maximum Gasteiger partial charge on any atom is 0.129 e. The van der Waals surface area contributed by atoms with Crippen molar-refractivity contribution in [2.75, 3.05) is 11.5 Å². The van der Waals surface area contributed by atoms with Crippen LogP contribution in [0.5, 0.6) is 11.5 Å². The second kappa shape index (κ2) is 9.97. The predicted octanol–water partition coefficient (Wildman–Crippen LogP) is 5.38. The van der Waals surface area contributed by atoms with Gasteiger partial charge < -0.3 is 21.9 Å². The van der Waals surface area contributed by atoms with Crippen LogP contribution in [-0.4, -0.2) is 0 Å². The van der Waals surface area contributed by atoms with Crippen LogP contribution in [0.3, 0.4) is 0 Å². The molecule has 0 aromatic heterocycles. The highest BCUT2D eigenvalue weighted by Gasteiger charge is 2.06. The summed E-state index contributed by atoms with van der Waals surface area (Å²) >= 11 is 0. The minimum Gasteiger partial charge on any atom is -0.457 e. The number of hydrogen-bond acceptors (Lipinski definition) is 4. The first-order valence-electron chi connectivity index (χ1n) is 9.36. The molecule has 29 heavy (non-hydrogen) atoms. The maximum absolute atomic E-state index is 6.12. The second-order valence-electron chi connectivity index (χ2n) is 6.54. The predicted molar refractivity (Wildman–Crippen MR) is 121 cm³/mol. The smallest absolute Gasteiger partial charge is 0.129 e. The Hall–Kier alpha value is -3.76. The van der Waals surface area contributed by atoms with Crippen LogP contribution >= 0.6 is 0 Å². The molecule has 0 radical (unpaired) electrons. The number of nitrogens with two attached hydrogens (primary N) is 3. The molecule has 0 spiro atoms. The Kier molecular flexibility index (Phi) is 6.87. The first-order valence-corrected chi connectivity index (χ1v) is 9.36. The van der Waals surface area contributed by atoms with Gasteiger partial charge in [-0.1, -0.05) is 66.7 Å². The molecule has 4 heteroatoms. The Balaban J connectivity index is 0.000000166. The fourth-order valence-corrected chi connectivity index (χ4v) is 2.76. The summed E-state index contributed by atoms with van der Waals surface area (Å²) in [5, 5.41) is 0. The molecule has 0 aliphatic carbocycles. The van der Waals surface area contributed by atoms with Crippen LogP contribution in [0.4, 0.5) is 11.4 Å². The fourth-order valence-electron chi connectivity index (χ4n) is 2.76. The minimum absolute atomic E-state index is 0.0163. The first-order chi connectivity index (χ1) is 14.1. The van der Waals surface area contributed by atoms with Gasteiger partial charge in [0.05, 0.1) is 6.04 Å². The lowest BCUT2D eigenvalue weighted by molar-refractivity contribution is 0.483. The van der Waals surface area contributed by atoms with E-state index in [4.69, 9.17) is 21.9 Å². The summed E-state index contributed by atoms with van der Waals surface area (Å²) in [5.74, 6) is 1.47. The van der Waals surface area contributed by atoms with Crippen LogP contribution in [0.25, 0.3) is 0 Å². The highest BCUT2D eigenvalue weighted by Crippen LogP contribution is 2.23. The van der Waals surface area contributed by atoms with Crippen molar-refractivity contribution in [3.8, 4) is 11.5 Å². The lowest BCUT2D eigenvalue weighted by Crippen LogP contribution is -2.11. The van der Waals surface area contributed by atoms with Crippen LogP contribution in [0, 0.1) is 0 Å². The Bertz CT molecular complexity index is 963. The normalized spacial score (nSPS) is 10.1. The maximum atomic E-state index is 6.12.